The largest absolute Gasteiger partial charge is 0.423 e. The van der Waals surface area contributed by atoms with Gasteiger partial charge in [-0.1, -0.05) is 48.5 Å². The van der Waals surface area contributed by atoms with Gasteiger partial charge in [0.2, 0.25) is 0 Å². The van der Waals surface area contributed by atoms with Crippen LogP contribution in [0.2, 0.25) is 0 Å². The van der Waals surface area contributed by atoms with Crippen molar-refractivity contribution in [3.05, 3.63) is 96.1 Å². The standard InChI is InChI=1S/C25H16N2O4/c28-22-13-14-23(29)27(22)15-16-9-11-17(12-10-16)31-25(30)24-18-5-1-3-7-20(18)26-21-8-4-2-6-19(21)24/h1-14H,15H2. The van der Waals surface area contributed by atoms with Gasteiger partial charge in [0, 0.05) is 22.9 Å². The quantitative estimate of drug-likeness (QED) is 0.221. The first-order chi connectivity index (χ1) is 15.1. The average Bonchev–Trinajstić information content (AvgIpc) is 3.10. The Balaban J connectivity index is 1.43. The van der Waals surface area contributed by atoms with Crippen LogP contribution in [-0.4, -0.2) is 27.7 Å². The SMILES string of the molecule is O=C(Oc1ccc(CN2C(=O)C=CC2=O)cc1)c1c2ccccc2nc2ccccc12. The predicted molar refractivity (Wildman–Crippen MR) is 115 cm³/mol. The summed E-state index contributed by atoms with van der Waals surface area (Å²) in [7, 11) is 0. The molecule has 0 saturated heterocycles. The summed E-state index contributed by atoms with van der Waals surface area (Å²) in [5, 5.41) is 1.45. The molecule has 0 saturated carbocycles. The minimum Gasteiger partial charge on any atom is -0.423 e. The second-order valence-corrected chi connectivity index (χ2v) is 7.15. The summed E-state index contributed by atoms with van der Waals surface area (Å²) in [5.74, 6) is -0.776. The lowest BCUT2D eigenvalue weighted by Crippen LogP contribution is -2.29. The highest BCUT2D eigenvalue weighted by Gasteiger charge is 2.23. The lowest BCUT2D eigenvalue weighted by atomic mass is 10.0. The van der Waals surface area contributed by atoms with Gasteiger partial charge in [-0.25, -0.2) is 9.78 Å². The van der Waals surface area contributed by atoms with Crippen LogP contribution in [0.15, 0.2) is 84.9 Å². The van der Waals surface area contributed by atoms with E-state index in [0.717, 1.165) is 32.3 Å². The van der Waals surface area contributed by atoms with Gasteiger partial charge >= 0.3 is 5.97 Å². The van der Waals surface area contributed by atoms with Crippen LogP contribution < -0.4 is 4.74 Å². The molecule has 2 heterocycles. The third-order valence-corrected chi connectivity index (χ3v) is 5.17. The van der Waals surface area contributed by atoms with Crippen LogP contribution >= 0.6 is 0 Å². The molecule has 0 atom stereocenters. The maximum absolute atomic E-state index is 13.1. The second-order valence-electron chi connectivity index (χ2n) is 7.15. The molecule has 0 fully saturated rings. The first kappa shape index (κ1) is 18.7. The lowest BCUT2D eigenvalue weighted by molar-refractivity contribution is -0.137. The van der Waals surface area contributed by atoms with Crippen molar-refractivity contribution in [1.82, 2.24) is 9.88 Å². The van der Waals surface area contributed by atoms with E-state index in [4.69, 9.17) is 4.74 Å². The second kappa shape index (κ2) is 7.50. The smallest absolute Gasteiger partial charge is 0.344 e. The van der Waals surface area contributed by atoms with Crippen LogP contribution in [0.3, 0.4) is 0 Å². The molecule has 0 N–H and O–H groups in total. The normalized spacial score (nSPS) is 13.4. The summed E-state index contributed by atoms with van der Waals surface area (Å²) in [6.07, 6.45) is 2.50. The molecule has 6 nitrogen and oxygen atoms in total. The highest BCUT2D eigenvalue weighted by molar-refractivity contribution is 6.15. The number of nitrogens with zero attached hydrogens (tertiary/aromatic N) is 2. The van der Waals surface area contributed by atoms with Gasteiger partial charge in [-0.15, -0.1) is 0 Å². The third kappa shape index (κ3) is 3.44. The Morgan fingerprint density at radius 3 is 1.90 bits per heavy atom. The molecule has 4 aromatic rings. The average molecular weight is 408 g/mol. The van der Waals surface area contributed by atoms with Gasteiger partial charge in [0.15, 0.2) is 0 Å². The van der Waals surface area contributed by atoms with E-state index >= 15 is 0 Å². The predicted octanol–water partition coefficient (Wildman–Crippen LogP) is 4.03. The summed E-state index contributed by atoms with van der Waals surface area (Å²) in [6.45, 7) is 0.165. The number of imide groups is 1. The fourth-order valence-electron chi connectivity index (χ4n) is 3.65. The number of carbonyl (C=O) groups is 3. The van der Waals surface area contributed by atoms with Crippen molar-refractivity contribution in [2.45, 2.75) is 6.54 Å². The minimum absolute atomic E-state index is 0.165. The maximum Gasteiger partial charge on any atom is 0.344 e. The first-order valence-corrected chi connectivity index (χ1v) is 9.72. The van der Waals surface area contributed by atoms with Gasteiger partial charge in [0.05, 0.1) is 23.1 Å². The molecule has 0 bridgehead atoms. The molecule has 0 radical (unpaired) electrons. The van der Waals surface area contributed by atoms with Crippen molar-refractivity contribution >= 4 is 39.6 Å². The highest BCUT2D eigenvalue weighted by Crippen LogP contribution is 2.27. The van der Waals surface area contributed by atoms with E-state index in [0.29, 0.717) is 11.3 Å². The summed E-state index contributed by atoms with van der Waals surface area (Å²) in [4.78, 5) is 42.3. The molecule has 3 aromatic carbocycles. The Kier molecular flexibility index (Phi) is 4.52. The fourth-order valence-corrected chi connectivity index (χ4v) is 3.65. The summed E-state index contributed by atoms with van der Waals surface area (Å²) in [5.41, 5.74) is 2.66. The monoisotopic (exact) mass is 408 g/mol. The van der Waals surface area contributed by atoms with Gasteiger partial charge in [0.1, 0.15) is 5.75 Å². The van der Waals surface area contributed by atoms with Gasteiger partial charge in [-0.2, -0.15) is 0 Å². The molecule has 0 spiro atoms. The van der Waals surface area contributed by atoms with Crippen LogP contribution in [0.4, 0.5) is 0 Å². The van der Waals surface area contributed by atoms with E-state index in [1.807, 2.05) is 48.5 Å². The number of ether oxygens (including phenoxy) is 1. The van der Waals surface area contributed by atoms with E-state index in [-0.39, 0.29) is 18.4 Å². The Hall–Kier alpha value is -4.32. The molecular formula is C25H16N2O4. The van der Waals surface area contributed by atoms with Crippen LogP contribution in [0.5, 0.6) is 5.75 Å². The molecule has 150 valence electrons. The number of fused-ring (bicyclic) bond motifs is 2. The zero-order chi connectivity index (χ0) is 21.4. The number of carbonyl (C=O) groups excluding carboxylic acids is 3. The molecule has 0 aliphatic carbocycles. The molecule has 31 heavy (non-hydrogen) atoms. The number of benzene rings is 3. The number of esters is 1. The number of para-hydroxylation sites is 2. The maximum atomic E-state index is 13.1. The molecule has 2 amide bonds. The summed E-state index contributed by atoms with van der Waals surface area (Å²) >= 11 is 0. The Labute approximate surface area is 177 Å². The van der Waals surface area contributed by atoms with Crippen molar-refractivity contribution in [3.8, 4) is 5.75 Å². The molecule has 1 aliphatic rings. The van der Waals surface area contributed by atoms with Gasteiger partial charge in [-0.3, -0.25) is 14.5 Å². The Morgan fingerprint density at radius 1 is 0.774 bits per heavy atom. The Bertz CT molecular complexity index is 1320. The van der Waals surface area contributed by atoms with E-state index < -0.39 is 5.97 Å². The third-order valence-electron chi connectivity index (χ3n) is 5.17. The zero-order valence-corrected chi connectivity index (χ0v) is 16.3. The van der Waals surface area contributed by atoms with E-state index in [9.17, 15) is 14.4 Å². The van der Waals surface area contributed by atoms with E-state index in [1.165, 1.54) is 12.2 Å². The number of aromatic nitrogens is 1. The molecule has 1 aromatic heterocycles. The molecule has 5 rings (SSSR count). The topological polar surface area (TPSA) is 76.6 Å². The number of pyridine rings is 1. The van der Waals surface area contributed by atoms with Crippen LogP contribution in [-0.2, 0) is 16.1 Å². The van der Waals surface area contributed by atoms with Gasteiger partial charge < -0.3 is 4.74 Å². The van der Waals surface area contributed by atoms with E-state index in [1.54, 1.807) is 24.3 Å². The first-order valence-electron chi connectivity index (χ1n) is 9.72. The van der Waals surface area contributed by atoms with Gasteiger partial charge in [-0.05, 0) is 29.8 Å². The van der Waals surface area contributed by atoms with Crippen LogP contribution in [0, 0.1) is 0 Å². The number of amides is 2. The Morgan fingerprint density at radius 2 is 1.32 bits per heavy atom. The summed E-state index contributed by atoms with van der Waals surface area (Å²) in [6, 6.07) is 21.7. The summed E-state index contributed by atoms with van der Waals surface area (Å²) < 4.78 is 5.66. The molecule has 0 unspecified atom stereocenters. The number of hydrogen-bond acceptors (Lipinski definition) is 5. The van der Waals surface area contributed by atoms with Crippen LogP contribution in [0.25, 0.3) is 21.8 Å². The van der Waals surface area contributed by atoms with Crippen LogP contribution in [0.1, 0.15) is 15.9 Å². The van der Waals surface area contributed by atoms with Crippen molar-refractivity contribution in [1.29, 1.82) is 0 Å². The van der Waals surface area contributed by atoms with Gasteiger partial charge in [0.25, 0.3) is 11.8 Å². The number of rotatable bonds is 4. The van der Waals surface area contributed by atoms with Crippen molar-refractivity contribution in [2.75, 3.05) is 0 Å². The van der Waals surface area contributed by atoms with Crippen molar-refractivity contribution in [2.24, 2.45) is 0 Å². The number of hydrogen-bond donors (Lipinski definition) is 0. The lowest BCUT2D eigenvalue weighted by Gasteiger charge is -2.14. The van der Waals surface area contributed by atoms with Crippen molar-refractivity contribution < 1.29 is 19.1 Å². The van der Waals surface area contributed by atoms with Crippen molar-refractivity contribution in [3.63, 3.8) is 0 Å². The zero-order valence-electron chi connectivity index (χ0n) is 16.3. The molecule has 1 aliphatic heterocycles. The fraction of sp³-hybridized carbons (Fsp3) is 0.0400. The van der Waals surface area contributed by atoms with E-state index in [2.05, 4.69) is 4.98 Å². The molecular weight excluding hydrogens is 392 g/mol. The molecule has 6 heteroatoms. The minimum atomic E-state index is -0.475. The highest BCUT2D eigenvalue weighted by atomic mass is 16.5.